The highest BCUT2D eigenvalue weighted by molar-refractivity contribution is 6.13. The van der Waals surface area contributed by atoms with Gasteiger partial charge in [0.25, 0.3) is 0 Å². The predicted octanol–water partition coefficient (Wildman–Crippen LogP) is 15.0. The highest BCUT2D eigenvalue weighted by Gasteiger charge is 2.51. The summed E-state index contributed by atoms with van der Waals surface area (Å²) in [6.45, 7) is 0. The Morgan fingerprint density at radius 3 is 1.53 bits per heavy atom. The summed E-state index contributed by atoms with van der Waals surface area (Å²) < 4.78 is 6.72. The lowest BCUT2D eigenvalue weighted by molar-refractivity contribution is 0.436. The zero-order valence-electron chi connectivity index (χ0n) is 34.6. The zero-order chi connectivity index (χ0) is 42.2. The molecule has 1 spiro atoms. The van der Waals surface area contributed by atoms with Gasteiger partial charge in [0.2, 0.25) is 0 Å². The quantitative estimate of drug-likeness (QED) is 0.162. The van der Waals surface area contributed by atoms with Crippen molar-refractivity contribution in [1.82, 2.24) is 15.0 Å². The topological polar surface area (TPSA) is 47.9 Å². The lowest BCUT2D eigenvalue weighted by Crippen LogP contribution is -2.32. The molecule has 0 radical (unpaired) electrons. The van der Waals surface area contributed by atoms with Crippen LogP contribution in [0.2, 0.25) is 0 Å². The number of fused-ring (bicyclic) bond motifs is 12. The van der Waals surface area contributed by atoms with Gasteiger partial charge < -0.3 is 4.74 Å². The molecular weight excluding hydrogens is 779 g/mol. The number of pyridine rings is 1. The first-order valence-corrected chi connectivity index (χ1v) is 21.8. The summed E-state index contributed by atoms with van der Waals surface area (Å²) in [5.41, 5.74) is 16.7. The third-order valence-corrected chi connectivity index (χ3v) is 13.1. The van der Waals surface area contributed by atoms with Crippen molar-refractivity contribution in [2.75, 3.05) is 0 Å². The van der Waals surface area contributed by atoms with Gasteiger partial charge in [0.1, 0.15) is 11.5 Å². The molecule has 9 aromatic carbocycles. The standard InChI is InChI=1S/C60H37N3O/c1-4-16-39(17-5-1)54-37-55(63-59(62-54)42-20-8-3-9-21-42)40-30-28-38(29-31-40)43-32-33-49-46(34-43)47-35-48-45(44-22-10-13-25-53(44)61-58(48)41-18-6-2-7-19-41)36-52(47)60(49)50-23-11-14-26-56(50)64-57-27-15-12-24-51(57)60/h1-37H. The van der Waals surface area contributed by atoms with Crippen molar-refractivity contribution in [2.24, 2.45) is 0 Å². The smallest absolute Gasteiger partial charge is 0.160 e. The Bertz CT molecular complexity index is 3520. The van der Waals surface area contributed by atoms with E-state index in [1.165, 1.54) is 27.6 Å². The molecule has 13 rings (SSSR count). The summed E-state index contributed by atoms with van der Waals surface area (Å²) >= 11 is 0. The average Bonchev–Trinajstić information content (AvgIpc) is 3.65. The van der Waals surface area contributed by atoms with E-state index >= 15 is 0 Å². The lowest BCUT2D eigenvalue weighted by Gasteiger charge is -2.39. The van der Waals surface area contributed by atoms with E-state index in [0.717, 1.165) is 89.4 Å². The van der Waals surface area contributed by atoms with Crippen LogP contribution in [0.4, 0.5) is 0 Å². The number of nitrogens with zero attached hydrogens (tertiary/aromatic N) is 3. The molecule has 1 aliphatic carbocycles. The van der Waals surface area contributed by atoms with Gasteiger partial charge in [0.15, 0.2) is 5.82 Å². The van der Waals surface area contributed by atoms with Crippen molar-refractivity contribution >= 4 is 21.7 Å². The average molecular weight is 816 g/mol. The Kier molecular flexibility index (Phi) is 8.09. The Morgan fingerprint density at radius 2 is 0.844 bits per heavy atom. The summed E-state index contributed by atoms with van der Waals surface area (Å²) in [6, 6.07) is 79.6. The third-order valence-electron chi connectivity index (χ3n) is 13.1. The Labute approximate surface area is 370 Å². The van der Waals surface area contributed by atoms with Gasteiger partial charge in [0, 0.05) is 44.2 Å². The second kappa shape index (κ2) is 14.3. The SMILES string of the molecule is c1ccc(-c2cc(-c3ccc(-c4ccc5c(c4)-c4cc6c(-c7ccccc7)nc7ccccc7c6cc4C54c5ccccc5Oc5ccccc54)cc3)nc(-c3ccccc3)n2)cc1. The molecule has 4 nitrogen and oxygen atoms in total. The van der Waals surface area contributed by atoms with Crippen molar-refractivity contribution < 1.29 is 4.74 Å². The number of para-hydroxylation sites is 3. The molecular formula is C60H37N3O. The summed E-state index contributed by atoms with van der Waals surface area (Å²) in [6.07, 6.45) is 0. The Morgan fingerprint density at radius 1 is 0.312 bits per heavy atom. The number of aromatic nitrogens is 3. The minimum atomic E-state index is -0.621. The maximum atomic E-state index is 6.72. The molecule has 0 bridgehead atoms. The maximum Gasteiger partial charge on any atom is 0.160 e. The summed E-state index contributed by atoms with van der Waals surface area (Å²) in [5, 5.41) is 3.45. The number of hydrogen-bond acceptors (Lipinski definition) is 4. The third kappa shape index (κ3) is 5.52. The molecule has 11 aromatic rings. The van der Waals surface area contributed by atoms with E-state index in [9.17, 15) is 0 Å². The molecule has 0 N–H and O–H groups in total. The Hall–Kier alpha value is -8.47. The molecule has 2 aromatic heterocycles. The fourth-order valence-electron chi connectivity index (χ4n) is 10.2. The fraction of sp³-hybridized carbons (Fsp3) is 0.0167. The minimum Gasteiger partial charge on any atom is -0.457 e. The van der Waals surface area contributed by atoms with E-state index in [0.29, 0.717) is 5.82 Å². The first-order chi connectivity index (χ1) is 31.7. The zero-order valence-corrected chi connectivity index (χ0v) is 34.6. The highest BCUT2D eigenvalue weighted by Crippen LogP contribution is 2.63. The molecule has 0 saturated heterocycles. The molecule has 2 aliphatic rings. The molecule has 0 atom stereocenters. The van der Waals surface area contributed by atoms with Crippen LogP contribution in [0.15, 0.2) is 224 Å². The molecule has 0 unspecified atom stereocenters. The lowest BCUT2D eigenvalue weighted by atomic mass is 9.66. The van der Waals surface area contributed by atoms with Crippen LogP contribution in [0.5, 0.6) is 11.5 Å². The van der Waals surface area contributed by atoms with Crippen LogP contribution in [0.25, 0.3) is 89.1 Å². The van der Waals surface area contributed by atoms with Crippen molar-refractivity contribution in [3.8, 4) is 78.9 Å². The molecule has 0 amide bonds. The van der Waals surface area contributed by atoms with Crippen LogP contribution in [-0.4, -0.2) is 15.0 Å². The van der Waals surface area contributed by atoms with E-state index in [4.69, 9.17) is 19.7 Å². The molecule has 0 saturated carbocycles. The fourth-order valence-corrected chi connectivity index (χ4v) is 10.2. The van der Waals surface area contributed by atoms with Crippen LogP contribution in [0, 0.1) is 0 Å². The number of benzene rings is 9. The van der Waals surface area contributed by atoms with Gasteiger partial charge in [-0.05, 0) is 81.2 Å². The van der Waals surface area contributed by atoms with Gasteiger partial charge in [-0.15, -0.1) is 0 Å². The monoisotopic (exact) mass is 815 g/mol. The van der Waals surface area contributed by atoms with E-state index in [2.05, 4.69) is 188 Å². The highest BCUT2D eigenvalue weighted by atomic mass is 16.5. The van der Waals surface area contributed by atoms with Crippen LogP contribution in [0.3, 0.4) is 0 Å². The van der Waals surface area contributed by atoms with Gasteiger partial charge in [-0.3, -0.25) is 0 Å². The molecule has 0 fully saturated rings. The van der Waals surface area contributed by atoms with E-state index in [1.807, 2.05) is 36.4 Å². The second-order valence-electron chi connectivity index (χ2n) is 16.7. The molecule has 64 heavy (non-hydrogen) atoms. The van der Waals surface area contributed by atoms with Crippen molar-refractivity contribution in [2.45, 2.75) is 5.41 Å². The van der Waals surface area contributed by atoms with Gasteiger partial charge in [-0.25, -0.2) is 15.0 Å². The predicted molar refractivity (Wildman–Crippen MR) is 259 cm³/mol. The van der Waals surface area contributed by atoms with Crippen LogP contribution in [0.1, 0.15) is 22.3 Å². The van der Waals surface area contributed by atoms with Crippen LogP contribution < -0.4 is 4.74 Å². The van der Waals surface area contributed by atoms with Crippen molar-refractivity contribution in [3.63, 3.8) is 0 Å². The van der Waals surface area contributed by atoms with Crippen molar-refractivity contribution in [1.29, 1.82) is 0 Å². The number of hydrogen-bond donors (Lipinski definition) is 0. The van der Waals surface area contributed by atoms with E-state index in [1.54, 1.807) is 0 Å². The van der Waals surface area contributed by atoms with Gasteiger partial charge in [0.05, 0.1) is 28.0 Å². The van der Waals surface area contributed by atoms with Crippen molar-refractivity contribution in [3.05, 3.63) is 247 Å². The molecule has 298 valence electrons. The molecule has 4 heteroatoms. The largest absolute Gasteiger partial charge is 0.457 e. The van der Waals surface area contributed by atoms with Crippen LogP contribution in [-0.2, 0) is 5.41 Å². The summed E-state index contributed by atoms with van der Waals surface area (Å²) in [4.78, 5) is 15.5. The normalized spacial score (nSPS) is 12.9. The second-order valence-corrected chi connectivity index (χ2v) is 16.7. The van der Waals surface area contributed by atoms with E-state index < -0.39 is 5.41 Å². The Balaban J connectivity index is 1.02. The number of rotatable bonds is 5. The van der Waals surface area contributed by atoms with Crippen LogP contribution >= 0.6 is 0 Å². The first kappa shape index (κ1) is 36.2. The summed E-state index contributed by atoms with van der Waals surface area (Å²) in [5.74, 6) is 2.45. The maximum absolute atomic E-state index is 6.72. The van der Waals surface area contributed by atoms with Gasteiger partial charge >= 0.3 is 0 Å². The summed E-state index contributed by atoms with van der Waals surface area (Å²) in [7, 11) is 0. The first-order valence-electron chi connectivity index (χ1n) is 21.8. The van der Waals surface area contributed by atoms with Gasteiger partial charge in [-0.1, -0.05) is 182 Å². The number of ether oxygens (including phenoxy) is 1. The van der Waals surface area contributed by atoms with Gasteiger partial charge in [-0.2, -0.15) is 0 Å². The minimum absolute atomic E-state index is 0.621. The molecule has 1 aliphatic heterocycles. The van der Waals surface area contributed by atoms with E-state index in [-0.39, 0.29) is 0 Å². The molecule has 3 heterocycles.